The van der Waals surface area contributed by atoms with Crippen molar-refractivity contribution in [3.8, 4) is 10.7 Å². The van der Waals surface area contributed by atoms with E-state index in [2.05, 4.69) is 26.1 Å². The molecule has 2 fully saturated rings. The van der Waals surface area contributed by atoms with E-state index in [9.17, 15) is 4.79 Å². The predicted octanol–water partition coefficient (Wildman–Crippen LogP) is 2.73. The average Bonchev–Trinajstić information content (AvgIpc) is 3.05. The number of hydrogen-bond donors (Lipinski definition) is 1. The topological polar surface area (TPSA) is 69.0 Å². The van der Waals surface area contributed by atoms with Crippen LogP contribution in [0.15, 0.2) is 22.7 Å². The lowest BCUT2D eigenvalue weighted by atomic mass is 10.2. The third-order valence-electron chi connectivity index (χ3n) is 4.20. The van der Waals surface area contributed by atoms with E-state index < -0.39 is 0 Å². The van der Waals surface area contributed by atoms with Crippen molar-refractivity contribution < 1.29 is 9.53 Å². The second-order valence-corrected chi connectivity index (χ2v) is 8.00. The van der Waals surface area contributed by atoms with Crippen LogP contribution in [0.25, 0.3) is 10.7 Å². The van der Waals surface area contributed by atoms with E-state index in [-0.39, 0.29) is 12.0 Å². The molecule has 0 bridgehead atoms. The highest BCUT2D eigenvalue weighted by atomic mass is 32.2. The molecule has 0 radical (unpaired) electrons. The number of ether oxygens (including phenoxy) is 1. The summed E-state index contributed by atoms with van der Waals surface area (Å²) >= 11 is 3.13. The number of amides is 1. The van der Waals surface area contributed by atoms with E-state index in [1.807, 2.05) is 11.4 Å². The van der Waals surface area contributed by atoms with Crippen LogP contribution in [0.2, 0.25) is 0 Å². The molecule has 1 aliphatic heterocycles. The minimum atomic E-state index is 0.0264. The van der Waals surface area contributed by atoms with Crippen molar-refractivity contribution in [2.75, 3.05) is 18.9 Å². The molecular formula is C16H20N4O2S2. The van der Waals surface area contributed by atoms with E-state index in [0.717, 1.165) is 48.1 Å². The van der Waals surface area contributed by atoms with Crippen molar-refractivity contribution in [2.24, 2.45) is 0 Å². The molecule has 1 saturated carbocycles. The molecule has 1 aliphatic carbocycles. The Bertz CT molecular complexity index is 691. The number of carbonyl (C=O) groups excluding carboxylic acids is 1. The Morgan fingerprint density at radius 2 is 2.33 bits per heavy atom. The van der Waals surface area contributed by atoms with Crippen LogP contribution in [0.5, 0.6) is 0 Å². The smallest absolute Gasteiger partial charge is 0.230 e. The summed E-state index contributed by atoms with van der Waals surface area (Å²) in [4.78, 5) is 13.2. The lowest BCUT2D eigenvalue weighted by Crippen LogP contribution is -2.32. The van der Waals surface area contributed by atoms with E-state index in [1.54, 1.807) is 11.3 Å². The van der Waals surface area contributed by atoms with E-state index >= 15 is 0 Å². The molecule has 1 atom stereocenters. The standard InChI is InChI=1S/C16H20N4O2S2/c21-14(17-9-12-3-1-7-22-12)10-24-16-19-18-15(13-4-2-8-23-13)20(16)11-5-6-11/h2,4,8,11-12H,1,3,5-7,9-10H2,(H,17,21)/t12-/m0/s1. The number of nitrogens with zero attached hydrogens (tertiary/aromatic N) is 3. The molecular weight excluding hydrogens is 344 g/mol. The highest BCUT2D eigenvalue weighted by Crippen LogP contribution is 2.41. The highest BCUT2D eigenvalue weighted by Gasteiger charge is 2.30. The maximum Gasteiger partial charge on any atom is 0.230 e. The molecule has 2 aromatic rings. The molecule has 3 heterocycles. The fraction of sp³-hybridized carbons (Fsp3) is 0.562. The molecule has 1 amide bonds. The van der Waals surface area contributed by atoms with Gasteiger partial charge in [-0.25, -0.2) is 0 Å². The molecule has 0 spiro atoms. The van der Waals surface area contributed by atoms with Gasteiger partial charge in [0, 0.05) is 19.2 Å². The molecule has 128 valence electrons. The first-order valence-electron chi connectivity index (χ1n) is 8.31. The van der Waals surface area contributed by atoms with Crippen LogP contribution < -0.4 is 5.32 Å². The zero-order chi connectivity index (χ0) is 16.4. The van der Waals surface area contributed by atoms with Crippen molar-refractivity contribution in [2.45, 2.75) is 43.0 Å². The first-order valence-corrected chi connectivity index (χ1v) is 10.2. The van der Waals surface area contributed by atoms with Crippen LogP contribution in [0.3, 0.4) is 0 Å². The van der Waals surface area contributed by atoms with Crippen LogP contribution in [-0.4, -0.2) is 45.7 Å². The zero-order valence-corrected chi connectivity index (χ0v) is 14.9. The van der Waals surface area contributed by atoms with Crippen molar-refractivity contribution in [3.05, 3.63) is 17.5 Å². The second kappa shape index (κ2) is 7.25. The normalized spacial score (nSPS) is 20.4. The maximum absolute atomic E-state index is 12.1. The number of thiophene rings is 1. The second-order valence-electron chi connectivity index (χ2n) is 6.11. The molecule has 0 unspecified atom stereocenters. The van der Waals surface area contributed by atoms with Gasteiger partial charge < -0.3 is 10.1 Å². The van der Waals surface area contributed by atoms with Crippen LogP contribution >= 0.6 is 23.1 Å². The molecule has 1 N–H and O–H groups in total. The van der Waals surface area contributed by atoms with Gasteiger partial charge in [0.15, 0.2) is 11.0 Å². The van der Waals surface area contributed by atoms with Gasteiger partial charge in [0.1, 0.15) is 0 Å². The number of thioether (sulfide) groups is 1. The number of carbonyl (C=O) groups is 1. The minimum Gasteiger partial charge on any atom is -0.376 e. The molecule has 8 heteroatoms. The summed E-state index contributed by atoms with van der Waals surface area (Å²) < 4.78 is 7.72. The molecule has 0 aromatic carbocycles. The van der Waals surface area contributed by atoms with Crippen LogP contribution in [0.4, 0.5) is 0 Å². The quantitative estimate of drug-likeness (QED) is 0.765. The number of aromatic nitrogens is 3. The van der Waals surface area contributed by atoms with Gasteiger partial charge in [0.05, 0.1) is 16.7 Å². The summed E-state index contributed by atoms with van der Waals surface area (Å²) in [6.45, 7) is 1.42. The van der Waals surface area contributed by atoms with Crippen LogP contribution in [-0.2, 0) is 9.53 Å². The number of hydrogen-bond acceptors (Lipinski definition) is 6. The van der Waals surface area contributed by atoms with Gasteiger partial charge in [-0.05, 0) is 37.1 Å². The maximum atomic E-state index is 12.1. The van der Waals surface area contributed by atoms with Crippen molar-refractivity contribution >= 4 is 29.0 Å². The number of nitrogens with one attached hydrogen (secondary N) is 1. The van der Waals surface area contributed by atoms with Crippen molar-refractivity contribution in [1.29, 1.82) is 0 Å². The summed E-state index contributed by atoms with van der Waals surface area (Å²) in [5, 5.41) is 14.5. The Morgan fingerprint density at radius 3 is 3.04 bits per heavy atom. The molecule has 1 saturated heterocycles. The third kappa shape index (κ3) is 3.65. The van der Waals surface area contributed by atoms with E-state index in [0.29, 0.717) is 18.3 Å². The summed E-state index contributed by atoms with van der Waals surface area (Å²) in [5.41, 5.74) is 0. The SMILES string of the molecule is O=C(CSc1nnc(-c2cccs2)n1C1CC1)NC[C@@H]1CCCO1. The van der Waals surface area contributed by atoms with Gasteiger partial charge in [0.2, 0.25) is 5.91 Å². The summed E-state index contributed by atoms with van der Waals surface area (Å²) in [6.07, 6.45) is 4.63. The lowest BCUT2D eigenvalue weighted by molar-refractivity contribution is -0.119. The summed E-state index contributed by atoms with van der Waals surface area (Å²) in [5.74, 6) is 1.32. The summed E-state index contributed by atoms with van der Waals surface area (Å²) in [6, 6.07) is 4.57. The monoisotopic (exact) mass is 364 g/mol. The van der Waals surface area contributed by atoms with Gasteiger partial charge in [-0.15, -0.1) is 21.5 Å². The molecule has 24 heavy (non-hydrogen) atoms. The predicted molar refractivity (Wildman–Crippen MR) is 94.3 cm³/mol. The van der Waals surface area contributed by atoms with E-state index in [1.165, 1.54) is 11.8 Å². The minimum absolute atomic E-state index is 0.0264. The van der Waals surface area contributed by atoms with Gasteiger partial charge >= 0.3 is 0 Å². The third-order valence-corrected chi connectivity index (χ3v) is 6.01. The largest absolute Gasteiger partial charge is 0.376 e. The Balaban J connectivity index is 1.37. The molecule has 6 nitrogen and oxygen atoms in total. The fourth-order valence-corrected chi connectivity index (χ4v) is 4.37. The van der Waals surface area contributed by atoms with Gasteiger partial charge in [0.25, 0.3) is 0 Å². The first-order chi connectivity index (χ1) is 11.8. The number of rotatable bonds is 7. The van der Waals surface area contributed by atoms with Gasteiger partial charge in [-0.3, -0.25) is 9.36 Å². The van der Waals surface area contributed by atoms with Crippen molar-refractivity contribution in [3.63, 3.8) is 0 Å². The average molecular weight is 364 g/mol. The van der Waals surface area contributed by atoms with Crippen LogP contribution in [0.1, 0.15) is 31.7 Å². The Kier molecular flexibility index (Phi) is 4.86. The van der Waals surface area contributed by atoms with E-state index in [4.69, 9.17) is 4.74 Å². The zero-order valence-electron chi connectivity index (χ0n) is 13.3. The first kappa shape index (κ1) is 16.1. The van der Waals surface area contributed by atoms with Gasteiger partial charge in [-0.1, -0.05) is 17.8 Å². The lowest BCUT2D eigenvalue weighted by Gasteiger charge is -2.11. The van der Waals surface area contributed by atoms with Crippen molar-refractivity contribution in [1.82, 2.24) is 20.1 Å². The van der Waals surface area contributed by atoms with Crippen LogP contribution in [0, 0.1) is 0 Å². The highest BCUT2D eigenvalue weighted by molar-refractivity contribution is 7.99. The fourth-order valence-electron chi connectivity index (χ4n) is 2.83. The molecule has 2 aromatic heterocycles. The molecule has 2 aliphatic rings. The summed E-state index contributed by atoms with van der Waals surface area (Å²) in [7, 11) is 0. The Labute approximate surface area is 149 Å². The molecule has 4 rings (SSSR count). The Hall–Kier alpha value is -1.38. The van der Waals surface area contributed by atoms with Gasteiger partial charge in [-0.2, -0.15) is 0 Å². The Morgan fingerprint density at radius 1 is 1.42 bits per heavy atom.